The van der Waals surface area contributed by atoms with Gasteiger partial charge in [-0.1, -0.05) is 27.7 Å². The predicted octanol–water partition coefficient (Wildman–Crippen LogP) is 6.05. The Labute approximate surface area is 224 Å². The third-order valence-corrected chi connectivity index (χ3v) is 12.0. The van der Waals surface area contributed by atoms with Gasteiger partial charge in [0.1, 0.15) is 0 Å². The van der Waals surface area contributed by atoms with Crippen molar-refractivity contribution >= 4 is 0 Å². The first kappa shape index (κ1) is 28.8. The lowest BCUT2D eigenvalue weighted by atomic mass is 9.44. The van der Waals surface area contributed by atoms with Gasteiger partial charge in [0.05, 0.1) is 0 Å². The number of hydrogen-bond donors (Lipinski definition) is 3. The normalized spacial score (nSPS) is 40.3. The Morgan fingerprint density at radius 3 is 2.39 bits per heavy atom. The highest BCUT2D eigenvalue weighted by molar-refractivity contribution is 5.09. The van der Waals surface area contributed by atoms with Crippen molar-refractivity contribution in [1.82, 2.24) is 15.5 Å². The molecule has 0 spiro atoms. The molecule has 0 heterocycles. The number of nitrogens with zero attached hydrogens (tertiary/aromatic N) is 1. The van der Waals surface area contributed by atoms with E-state index in [2.05, 4.69) is 50.3 Å². The number of nitrogens with two attached hydrogens (primary N) is 1. The van der Waals surface area contributed by atoms with Crippen LogP contribution < -0.4 is 16.4 Å². The largest absolute Gasteiger partial charge is 0.330 e. The van der Waals surface area contributed by atoms with Crippen molar-refractivity contribution in [2.24, 2.45) is 46.2 Å². The summed E-state index contributed by atoms with van der Waals surface area (Å²) in [6.45, 7) is 15.6. The fraction of sp³-hybridized carbons (Fsp3) is 1.00. The number of hydrogen-bond acceptors (Lipinski definition) is 4. The molecule has 4 fully saturated rings. The van der Waals surface area contributed by atoms with E-state index in [1.165, 1.54) is 96.7 Å². The Hall–Kier alpha value is -0.160. The Morgan fingerprint density at radius 1 is 0.861 bits per heavy atom. The van der Waals surface area contributed by atoms with Gasteiger partial charge in [0.25, 0.3) is 0 Å². The standard InChI is InChI=1S/C32H62N4/c1-24(2)34-19-6-9-25-11-13-29-28-12-10-26-23-27(35-20-8-22-36(5)21-7-18-33)14-16-32(26,4)30(28)15-17-31(25,29)3/h24-30,34-35H,6-23,33H2,1-5H3/t25-,26?,27?,28?,29?,30?,31?,32-/m0/s1. The van der Waals surface area contributed by atoms with Gasteiger partial charge >= 0.3 is 0 Å². The molecule has 0 amide bonds. The van der Waals surface area contributed by atoms with E-state index in [4.69, 9.17) is 5.73 Å². The van der Waals surface area contributed by atoms with Gasteiger partial charge in [0, 0.05) is 12.1 Å². The van der Waals surface area contributed by atoms with Crippen LogP contribution in [0.2, 0.25) is 0 Å². The van der Waals surface area contributed by atoms with Gasteiger partial charge in [-0.05, 0) is 164 Å². The molecule has 4 rings (SSSR count). The van der Waals surface area contributed by atoms with E-state index in [0.717, 1.165) is 55.1 Å². The zero-order chi connectivity index (χ0) is 25.8. The molecule has 0 radical (unpaired) electrons. The molecule has 0 saturated heterocycles. The van der Waals surface area contributed by atoms with E-state index in [1.54, 1.807) is 0 Å². The molecule has 4 aliphatic rings. The summed E-state index contributed by atoms with van der Waals surface area (Å²) in [7, 11) is 2.24. The second kappa shape index (κ2) is 12.8. The summed E-state index contributed by atoms with van der Waals surface area (Å²) in [6, 6.07) is 1.39. The molecule has 0 aromatic rings. The van der Waals surface area contributed by atoms with Gasteiger partial charge in [0.15, 0.2) is 0 Å². The minimum absolute atomic E-state index is 0.615. The van der Waals surface area contributed by atoms with Crippen molar-refractivity contribution in [1.29, 1.82) is 0 Å². The van der Waals surface area contributed by atoms with E-state index < -0.39 is 0 Å². The van der Waals surface area contributed by atoms with Crippen molar-refractivity contribution in [2.45, 2.75) is 123 Å². The highest BCUT2D eigenvalue weighted by Gasteiger charge is 2.59. The highest BCUT2D eigenvalue weighted by atomic mass is 15.1. The first-order chi connectivity index (χ1) is 17.3. The van der Waals surface area contributed by atoms with Gasteiger partial charge in [-0.2, -0.15) is 0 Å². The van der Waals surface area contributed by atoms with Crippen molar-refractivity contribution in [3.05, 3.63) is 0 Å². The Balaban J connectivity index is 1.26. The van der Waals surface area contributed by atoms with Gasteiger partial charge in [-0.25, -0.2) is 0 Å². The average molecular weight is 503 g/mol. The van der Waals surface area contributed by atoms with Crippen LogP contribution in [0.5, 0.6) is 0 Å². The van der Waals surface area contributed by atoms with Crippen molar-refractivity contribution < 1.29 is 0 Å². The average Bonchev–Trinajstić information content (AvgIpc) is 3.19. The summed E-state index contributed by atoms with van der Waals surface area (Å²) in [5, 5.41) is 7.63. The maximum atomic E-state index is 5.66. The first-order valence-electron chi connectivity index (χ1n) is 16.1. The molecular weight excluding hydrogens is 440 g/mol. The fourth-order valence-corrected chi connectivity index (χ4v) is 9.89. The lowest BCUT2D eigenvalue weighted by Crippen LogP contribution is -2.55. The molecule has 4 aliphatic carbocycles. The monoisotopic (exact) mass is 502 g/mol. The summed E-state index contributed by atoms with van der Waals surface area (Å²) in [5.41, 5.74) is 6.91. The Bertz CT molecular complexity index is 667. The van der Waals surface area contributed by atoms with Crippen LogP contribution in [0.1, 0.15) is 111 Å². The summed E-state index contributed by atoms with van der Waals surface area (Å²) >= 11 is 0. The van der Waals surface area contributed by atoms with Crippen molar-refractivity contribution in [3.63, 3.8) is 0 Å². The lowest BCUT2D eigenvalue weighted by molar-refractivity contribution is -0.115. The van der Waals surface area contributed by atoms with Crippen LogP contribution in [-0.2, 0) is 0 Å². The van der Waals surface area contributed by atoms with Crippen LogP contribution in [0.15, 0.2) is 0 Å². The number of fused-ring (bicyclic) bond motifs is 5. The predicted molar refractivity (Wildman–Crippen MR) is 155 cm³/mol. The molecule has 0 bridgehead atoms. The van der Waals surface area contributed by atoms with Gasteiger partial charge < -0.3 is 21.3 Å². The summed E-state index contributed by atoms with van der Waals surface area (Å²) < 4.78 is 0. The minimum atomic E-state index is 0.615. The topological polar surface area (TPSA) is 53.3 Å². The summed E-state index contributed by atoms with van der Waals surface area (Å²) in [6.07, 6.45) is 18.7. The second-order valence-corrected chi connectivity index (χ2v) is 14.5. The van der Waals surface area contributed by atoms with Gasteiger partial charge in [-0.3, -0.25) is 0 Å². The zero-order valence-electron chi connectivity index (χ0n) is 24.8. The van der Waals surface area contributed by atoms with Crippen LogP contribution in [0.25, 0.3) is 0 Å². The fourth-order valence-electron chi connectivity index (χ4n) is 9.89. The Morgan fingerprint density at radius 2 is 1.61 bits per heavy atom. The molecule has 36 heavy (non-hydrogen) atoms. The molecular formula is C32H62N4. The van der Waals surface area contributed by atoms with Crippen LogP contribution in [0.3, 0.4) is 0 Å². The van der Waals surface area contributed by atoms with Crippen LogP contribution >= 0.6 is 0 Å². The number of nitrogens with one attached hydrogen (secondary N) is 2. The third kappa shape index (κ3) is 6.35. The molecule has 4 N–H and O–H groups in total. The summed E-state index contributed by atoms with van der Waals surface area (Å²) in [5.74, 6) is 4.99. The molecule has 4 saturated carbocycles. The molecule has 6 unspecified atom stereocenters. The minimum Gasteiger partial charge on any atom is -0.330 e. The molecule has 4 heteroatoms. The third-order valence-electron chi connectivity index (χ3n) is 12.0. The molecule has 4 nitrogen and oxygen atoms in total. The molecule has 0 aromatic heterocycles. The maximum Gasteiger partial charge on any atom is 0.00701 e. The smallest absolute Gasteiger partial charge is 0.00701 e. The van der Waals surface area contributed by atoms with Gasteiger partial charge in [-0.15, -0.1) is 0 Å². The van der Waals surface area contributed by atoms with E-state index in [-0.39, 0.29) is 0 Å². The van der Waals surface area contributed by atoms with Crippen LogP contribution in [-0.4, -0.2) is 56.8 Å². The van der Waals surface area contributed by atoms with Crippen LogP contribution in [0, 0.1) is 40.4 Å². The van der Waals surface area contributed by atoms with E-state index in [1.807, 2.05) is 0 Å². The molecule has 8 atom stereocenters. The first-order valence-corrected chi connectivity index (χ1v) is 16.1. The maximum absolute atomic E-state index is 5.66. The lowest BCUT2D eigenvalue weighted by Gasteiger charge is -2.61. The van der Waals surface area contributed by atoms with E-state index >= 15 is 0 Å². The molecule has 210 valence electrons. The zero-order valence-corrected chi connectivity index (χ0v) is 24.8. The van der Waals surface area contributed by atoms with Gasteiger partial charge in [0.2, 0.25) is 0 Å². The SMILES string of the molecule is CC(C)NCCC[C@H]1CCC2C3CCC4CC(NCCCN(C)CCCN)CC[C@]4(C)C3CCC21C. The highest BCUT2D eigenvalue weighted by Crippen LogP contribution is 2.67. The number of rotatable bonds is 13. The summed E-state index contributed by atoms with van der Waals surface area (Å²) in [4.78, 5) is 2.45. The second-order valence-electron chi connectivity index (χ2n) is 14.5. The quantitative estimate of drug-likeness (QED) is 0.268. The van der Waals surface area contributed by atoms with Crippen LogP contribution in [0.4, 0.5) is 0 Å². The van der Waals surface area contributed by atoms with E-state index in [0.29, 0.717) is 16.9 Å². The Kier molecular flexibility index (Phi) is 10.2. The van der Waals surface area contributed by atoms with E-state index in [9.17, 15) is 0 Å². The molecule has 0 aliphatic heterocycles. The van der Waals surface area contributed by atoms with Crippen molar-refractivity contribution in [2.75, 3.05) is 39.8 Å². The molecule has 0 aromatic carbocycles. The van der Waals surface area contributed by atoms with Crippen molar-refractivity contribution in [3.8, 4) is 0 Å².